The Balaban J connectivity index is 1.74. The Morgan fingerprint density at radius 2 is 2.41 bits per heavy atom. The van der Waals surface area contributed by atoms with E-state index in [4.69, 9.17) is 5.11 Å². The SMILES string of the molecule is O=C(O)c1sccc1CNCCC1=CCCC1. The number of thiophene rings is 1. The lowest BCUT2D eigenvalue weighted by Crippen LogP contribution is -2.16. The van der Waals surface area contributed by atoms with Crippen molar-refractivity contribution in [3.05, 3.63) is 33.5 Å². The standard InChI is InChI=1S/C13H17NO2S/c15-13(16)12-11(6-8-17-12)9-14-7-5-10-3-1-2-4-10/h3,6,8,14H,1-2,4-5,7,9H2,(H,15,16). The van der Waals surface area contributed by atoms with Crippen LogP contribution in [0.15, 0.2) is 23.1 Å². The van der Waals surface area contributed by atoms with Crippen molar-refractivity contribution >= 4 is 17.3 Å². The van der Waals surface area contributed by atoms with Crippen LogP contribution >= 0.6 is 11.3 Å². The molecule has 0 amide bonds. The first kappa shape index (κ1) is 12.3. The summed E-state index contributed by atoms with van der Waals surface area (Å²) >= 11 is 1.29. The minimum absolute atomic E-state index is 0.456. The van der Waals surface area contributed by atoms with Crippen molar-refractivity contribution in [3.8, 4) is 0 Å². The molecule has 0 spiro atoms. The summed E-state index contributed by atoms with van der Waals surface area (Å²) in [7, 11) is 0. The summed E-state index contributed by atoms with van der Waals surface area (Å²) in [6.45, 7) is 1.58. The second kappa shape index (κ2) is 5.98. The number of carboxylic acid groups (broad SMARTS) is 1. The van der Waals surface area contributed by atoms with E-state index >= 15 is 0 Å². The van der Waals surface area contributed by atoms with Crippen LogP contribution in [0, 0.1) is 0 Å². The summed E-state index contributed by atoms with van der Waals surface area (Å²) in [5.41, 5.74) is 2.43. The second-order valence-electron chi connectivity index (χ2n) is 4.26. The van der Waals surface area contributed by atoms with E-state index in [1.165, 1.54) is 30.6 Å². The molecule has 0 atom stereocenters. The normalized spacial score (nSPS) is 14.9. The third-order valence-corrected chi connectivity index (χ3v) is 3.96. The van der Waals surface area contributed by atoms with Crippen molar-refractivity contribution in [3.63, 3.8) is 0 Å². The van der Waals surface area contributed by atoms with Crippen LogP contribution in [0.1, 0.15) is 40.9 Å². The monoisotopic (exact) mass is 251 g/mol. The van der Waals surface area contributed by atoms with Gasteiger partial charge in [0.05, 0.1) is 0 Å². The maximum absolute atomic E-state index is 10.9. The molecule has 0 aliphatic heterocycles. The van der Waals surface area contributed by atoms with Gasteiger partial charge in [-0.2, -0.15) is 0 Å². The number of carbonyl (C=O) groups is 1. The summed E-state index contributed by atoms with van der Waals surface area (Å²) in [5.74, 6) is -0.824. The van der Waals surface area contributed by atoms with Crippen LogP contribution in [0.3, 0.4) is 0 Å². The summed E-state index contributed by atoms with van der Waals surface area (Å²) in [5, 5.41) is 14.1. The maximum atomic E-state index is 10.9. The fourth-order valence-electron chi connectivity index (χ4n) is 2.10. The average molecular weight is 251 g/mol. The van der Waals surface area contributed by atoms with Crippen LogP contribution in [-0.2, 0) is 6.54 Å². The maximum Gasteiger partial charge on any atom is 0.346 e. The molecule has 1 aromatic heterocycles. The van der Waals surface area contributed by atoms with Crippen LogP contribution < -0.4 is 5.32 Å². The molecule has 2 rings (SSSR count). The van der Waals surface area contributed by atoms with Gasteiger partial charge in [0.25, 0.3) is 0 Å². The lowest BCUT2D eigenvalue weighted by atomic mass is 10.1. The molecule has 92 valence electrons. The number of aromatic carboxylic acids is 1. The molecule has 2 N–H and O–H groups in total. The molecule has 0 unspecified atom stereocenters. The molecule has 1 heterocycles. The Morgan fingerprint density at radius 1 is 1.53 bits per heavy atom. The van der Waals surface area contributed by atoms with E-state index in [2.05, 4.69) is 11.4 Å². The van der Waals surface area contributed by atoms with Crippen LogP contribution in [0.5, 0.6) is 0 Å². The van der Waals surface area contributed by atoms with Crippen molar-refractivity contribution in [1.29, 1.82) is 0 Å². The van der Waals surface area contributed by atoms with Crippen molar-refractivity contribution in [1.82, 2.24) is 5.32 Å². The molecule has 4 heteroatoms. The molecule has 0 bridgehead atoms. The molecule has 17 heavy (non-hydrogen) atoms. The number of carboxylic acids is 1. The van der Waals surface area contributed by atoms with Crippen molar-refractivity contribution in [2.45, 2.75) is 32.2 Å². The zero-order valence-corrected chi connectivity index (χ0v) is 10.6. The Labute approximate surface area is 105 Å². The molecule has 0 fully saturated rings. The summed E-state index contributed by atoms with van der Waals surface area (Å²) in [4.78, 5) is 11.4. The first-order valence-electron chi connectivity index (χ1n) is 5.95. The minimum Gasteiger partial charge on any atom is -0.477 e. The molecule has 1 aliphatic rings. The van der Waals surface area contributed by atoms with E-state index in [-0.39, 0.29) is 0 Å². The van der Waals surface area contributed by atoms with Crippen LogP contribution in [-0.4, -0.2) is 17.6 Å². The topological polar surface area (TPSA) is 49.3 Å². The number of hydrogen-bond acceptors (Lipinski definition) is 3. The van der Waals surface area contributed by atoms with E-state index in [1.54, 1.807) is 5.57 Å². The number of hydrogen-bond donors (Lipinski definition) is 2. The molecule has 1 aliphatic carbocycles. The smallest absolute Gasteiger partial charge is 0.346 e. The number of allylic oxidation sites excluding steroid dienone is 1. The molecule has 0 saturated carbocycles. The highest BCUT2D eigenvalue weighted by Gasteiger charge is 2.10. The number of nitrogens with one attached hydrogen (secondary N) is 1. The van der Waals surface area contributed by atoms with E-state index in [9.17, 15) is 4.79 Å². The van der Waals surface area contributed by atoms with Crippen LogP contribution in [0.4, 0.5) is 0 Å². The zero-order valence-electron chi connectivity index (χ0n) is 9.74. The lowest BCUT2D eigenvalue weighted by molar-refractivity contribution is 0.0701. The second-order valence-corrected chi connectivity index (χ2v) is 5.18. The third-order valence-electron chi connectivity index (χ3n) is 3.01. The molecule has 0 radical (unpaired) electrons. The van der Waals surface area contributed by atoms with Gasteiger partial charge in [0.1, 0.15) is 4.88 Å². The van der Waals surface area contributed by atoms with Gasteiger partial charge in [0, 0.05) is 6.54 Å². The van der Waals surface area contributed by atoms with Gasteiger partial charge in [0.2, 0.25) is 0 Å². The van der Waals surface area contributed by atoms with Crippen LogP contribution in [0.2, 0.25) is 0 Å². The first-order chi connectivity index (χ1) is 8.27. The van der Waals surface area contributed by atoms with E-state index in [0.717, 1.165) is 18.5 Å². The van der Waals surface area contributed by atoms with Gasteiger partial charge in [-0.15, -0.1) is 11.3 Å². The lowest BCUT2D eigenvalue weighted by Gasteiger charge is -2.05. The predicted molar refractivity (Wildman–Crippen MR) is 69.5 cm³/mol. The third kappa shape index (κ3) is 3.41. The van der Waals surface area contributed by atoms with Gasteiger partial charge in [0.15, 0.2) is 0 Å². The molecule has 0 saturated heterocycles. The van der Waals surface area contributed by atoms with Crippen LogP contribution in [0.25, 0.3) is 0 Å². The Morgan fingerprint density at radius 3 is 3.12 bits per heavy atom. The van der Waals surface area contributed by atoms with Crippen molar-refractivity contribution in [2.24, 2.45) is 0 Å². The highest BCUT2D eigenvalue weighted by Crippen LogP contribution is 2.20. The van der Waals surface area contributed by atoms with Gasteiger partial charge in [-0.3, -0.25) is 0 Å². The fourth-order valence-corrected chi connectivity index (χ4v) is 2.86. The van der Waals surface area contributed by atoms with E-state index < -0.39 is 5.97 Å². The zero-order chi connectivity index (χ0) is 12.1. The van der Waals surface area contributed by atoms with E-state index in [1.807, 2.05) is 11.4 Å². The van der Waals surface area contributed by atoms with Gasteiger partial charge >= 0.3 is 5.97 Å². The largest absolute Gasteiger partial charge is 0.477 e. The highest BCUT2D eigenvalue weighted by molar-refractivity contribution is 7.12. The summed E-state index contributed by atoms with van der Waals surface area (Å²) in [6, 6.07) is 1.88. The van der Waals surface area contributed by atoms with E-state index in [0.29, 0.717) is 11.4 Å². The van der Waals surface area contributed by atoms with Gasteiger partial charge in [-0.1, -0.05) is 11.6 Å². The molecular formula is C13H17NO2S. The van der Waals surface area contributed by atoms with Crippen molar-refractivity contribution in [2.75, 3.05) is 6.54 Å². The fraction of sp³-hybridized carbons (Fsp3) is 0.462. The molecule has 1 aromatic rings. The summed E-state index contributed by atoms with van der Waals surface area (Å²) < 4.78 is 0. The predicted octanol–water partition coefficient (Wildman–Crippen LogP) is 3.04. The number of rotatable bonds is 6. The average Bonchev–Trinajstić information content (AvgIpc) is 2.95. The Kier molecular flexibility index (Phi) is 4.34. The molecular weight excluding hydrogens is 234 g/mol. The highest BCUT2D eigenvalue weighted by atomic mass is 32.1. The molecule has 3 nitrogen and oxygen atoms in total. The van der Waals surface area contributed by atoms with Crippen molar-refractivity contribution < 1.29 is 9.90 Å². The first-order valence-corrected chi connectivity index (χ1v) is 6.83. The summed E-state index contributed by atoms with van der Waals surface area (Å²) in [6.07, 6.45) is 7.17. The minimum atomic E-state index is -0.824. The Hall–Kier alpha value is -1.13. The van der Waals surface area contributed by atoms with Gasteiger partial charge in [-0.25, -0.2) is 4.79 Å². The van der Waals surface area contributed by atoms with Gasteiger partial charge < -0.3 is 10.4 Å². The van der Waals surface area contributed by atoms with Gasteiger partial charge in [-0.05, 0) is 49.2 Å². The molecule has 0 aromatic carbocycles. The Bertz CT molecular complexity index is 423. The quantitative estimate of drug-likeness (QED) is 0.603.